The number of hydrogen-bond acceptors (Lipinski definition) is 3. The third-order valence-electron chi connectivity index (χ3n) is 3.21. The molecule has 6 heteroatoms. The van der Waals surface area contributed by atoms with Crippen LogP contribution in [0.15, 0.2) is 12.1 Å². The van der Waals surface area contributed by atoms with Crippen LogP contribution in [-0.4, -0.2) is 23.2 Å². The molecule has 0 heterocycles. The van der Waals surface area contributed by atoms with E-state index in [9.17, 15) is 13.6 Å². The van der Waals surface area contributed by atoms with E-state index in [0.717, 1.165) is 12.1 Å². The summed E-state index contributed by atoms with van der Waals surface area (Å²) in [5, 5.41) is 11.5. The molecule has 0 saturated heterocycles. The van der Waals surface area contributed by atoms with Crippen molar-refractivity contribution in [1.82, 2.24) is 5.32 Å². The Bertz CT molecular complexity index is 480. The quantitative estimate of drug-likeness (QED) is 0.716. The lowest BCUT2D eigenvalue weighted by atomic mass is 9.94. The molecule has 1 atom stereocenters. The molecule has 0 spiro atoms. The smallest absolute Gasteiger partial charge is 0.257 e. The SMILES string of the molecule is CCC(C)(CCO)NC(=O)c1c(F)ccc(N)c1F. The van der Waals surface area contributed by atoms with Crippen LogP contribution >= 0.6 is 0 Å². The molecule has 0 aliphatic heterocycles. The van der Waals surface area contributed by atoms with E-state index in [2.05, 4.69) is 5.32 Å². The van der Waals surface area contributed by atoms with Crippen molar-refractivity contribution in [3.63, 3.8) is 0 Å². The first-order valence-electron chi connectivity index (χ1n) is 6.01. The summed E-state index contributed by atoms with van der Waals surface area (Å²) in [6.07, 6.45) is 0.811. The van der Waals surface area contributed by atoms with Gasteiger partial charge in [0.15, 0.2) is 5.82 Å². The van der Waals surface area contributed by atoms with Gasteiger partial charge in [-0.1, -0.05) is 6.92 Å². The fourth-order valence-corrected chi connectivity index (χ4v) is 1.69. The maximum Gasteiger partial charge on any atom is 0.257 e. The average molecular weight is 272 g/mol. The molecule has 1 rings (SSSR count). The van der Waals surface area contributed by atoms with E-state index in [1.165, 1.54) is 0 Å². The maximum atomic E-state index is 13.7. The van der Waals surface area contributed by atoms with Gasteiger partial charge in [-0.15, -0.1) is 0 Å². The lowest BCUT2D eigenvalue weighted by Crippen LogP contribution is -2.46. The Balaban J connectivity index is 3.05. The number of hydrogen-bond donors (Lipinski definition) is 3. The van der Waals surface area contributed by atoms with E-state index < -0.39 is 28.6 Å². The molecule has 106 valence electrons. The van der Waals surface area contributed by atoms with Crippen LogP contribution < -0.4 is 11.1 Å². The summed E-state index contributed by atoms with van der Waals surface area (Å²) in [6.45, 7) is 3.37. The number of nitrogen functional groups attached to an aromatic ring is 1. The minimum Gasteiger partial charge on any atom is -0.396 e. The third-order valence-corrected chi connectivity index (χ3v) is 3.21. The summed E-state index contributed by atoms with van der Waals surface area (Å²) in [4.78, 5) is 12.0. The van der Waals surface area contributed by atoms with Gasteiger partial charge in [-0.3, -0.25) is 4.79 Å². The number of aliphatic hydroxyl groups excluding tert-OH is 1. The predicted molar refractivity (Wildman–Crippen MR) is 68.6 cm³/mol. The van der Waals surface area contributed by atoms with Gasteiger partial charge in [-0.05, 0) is 31.9 Å². The fourth-order valence-electron chi connectivity index (χ4n) is 1.69. The van der Waals surface area contributed by atoms with Gasteiger partial charge in [0.25, 0.3) is 5.91 Å². The molecule has 0 aromatic heterocycles. The molecule has 1 amide bonds. The summed E-state index contributed by atoms with van der Waals surface area (Å²) in [5.41, 5.74) is 3.61. The molecule has 0 fully saturated rings. The van der Waals surface area contributed by atoms with Gasteiger partial charge in [-0.2, -0.15) is 0 Å². The number of rotatable bonds is 5. The van der Waals surface area contributed by atoms with Gasteiger partial charge in [-0.25, -0.2) is 8.78 Å². The molecule has 0 saturated carbocycles. The van der Waals surface area contributed by atoms with E-state index in [-0.39, 0.29) is 12.3 Å². The second-order valence-corrected chi connectivity index (χ2v) is 4.67. The summed E-state index contributed by atoms with van der Waals surface area (Å²) in [5.74, 6) is -2.91. The average Bonchev–Trinajstić information content (AvgIpc) is 2.34. The van der Waals surface area contributed by atoms with Crippen molar-refractivity contribution in [1.29, 1.82) is 0 Å². The lowest BCUT2D eigenvalue weighted by Gasteiger charge is -2.29. The molecule has 4 nitrogen and oxygen atoms in total. The third kappa shape index (κ3) is 3.41. The van der Waals surface area contributed by atoms with Gasteiger partial charge < -0.3 is 16.2 Å². The Morgan fingerprint density at radius 1 is 1.47 bits per heavy atom. The fraction of sp³-hybridized carbons (Fsp3) is 0.462. The maximum absolute atomic E-state index is 13.7. The second-order valence-electron chi connectivity index (χ2n) is 4.67. The number of carbonyl (C=O) groups is 1. The Morgan fingerprint density at radius 2 is 2.11 bits per heavy atom. The summed E-state index contributed by atoms with van der Waals surface area (Å²) < 4.78 is 27.2. The number of nitrogens with one attached hydrogen (secondary N) is 1. The van der Waals surface area contributed by atoms with Crippen molar-refractivity contribution in [3.05, 3.63) is 29.3 Å². The van der Waals surface area contributed by atoms with Gasteiger partial charge in [0.2, 0.25) is 0 Å². The van der Waals surface area contributed by atoms with E-state index in [4.69, 9.17) is 10.8 Å². The zero-order valence-electron chi connectivity index (χ0n) is 11.0. The number of nitrogens with two attached hydrogens (primary N) is 1. The number of amides is 1. The summed E-state index contributed by atoms with van der Waals surface area (Å²) in [7, 11) is 0. The first kappa shape index (κ1) is 15.4. The molecule has 4 N–H and O–H groups in total. The van der Waals surface area contributed by atoms with Crippen molar-refractivity contribution < 1.29 is 18.7 Å². The highest BCUT2D eigenvalue weighted by molar-refractivity contribution is 5.96. The molecule has 0 radical (unpaired) electrons. The molecule has 1 unspecified atom stereocenters. The van der Waals surface area contributed by atoms with Gasteiger partial charge in [0.1, 0.15) is 11.4 Å². The Kier molecular flexibility index (Phi) is 4.83. The largest absolute Gasteiger partial charge is 0.396 e. The van der Waals surface area contributed by atoms with Crippen molar-refractivity contribution in [2.45, 2.75) is 32.2 Å². The second kappa shape index (κ2) is 5.97. The van der Waals surface area contributed by atoms with Crippen LogP contribution in [0.1, 0.15) is 37.0 Å². The highest BCUT2D eigenvalue weighted by atomic mass is 19.1. The standard InChI is InChI=1S/C13H18F2N2O2/c1-3-13(2,6-7-18)17-12(19)10-8(14)4-5-9(16)11(10)15/h4-5,18H,3,6-7,16H2,1-2H3,(H,17,19). The number of carbonyl (C=O) groups excluding carboxylic acids is 1. The summed E-state index contributed by atoms with van der Waals surface area (Å²) in [6, 6.07) is 2.01. The van der Waals surface area contributed by atoms with Gasteiger partial charge in [0, 0.05) is 12.1 Å². The molecular formula is C13H18F2N2O2. The number of benzene rings is 1. The van der Waals surface area contributed by atoms with Crippen LogP contribution in [0.4, 0.5) is 14.5 Å². The van der Waals surface area contributed by atoms with Crippen molar-refractivity contribution in [2.75, 3.05) is 12.3 Å². The molecular weight excluding hydrogens is 254 g/mol. The summed E-state index contributed by atoms with van der Waals surface area (Å²) >= 11 is 0. The molecule has 0 aliphatic rings. The van der Waals surface area contributed by atoms with E-state index >= 15 is 0 Å². The lowest BCUT2D eigenvalue weighted by molar-refractivity contribution is 0.0877. The molecule has 0 bridgehead atoms. The van der Waals surface area contributed by atoms with Gasteiger partial charge in [0.05, 0.1) is 5.69 Å². The minimum absolute atomic E-state index is 0.132. The number of aliphatic hydroxyl groups is 1. The highest BCUT2D eigenvalue weighted by Crippen LogP contribution is 2.21. The Labute approximate surface area is 110 Å². The van der Waals surface area contributed by atoms with Crippen molar-refractivity contribution >= 4 is 11.6 Å². The zero-order chi connectivity index (χ0) is 14.6. The van der Waals surface area contributed by atoms with Crippen molar-refractivity contribution in [3.8, 4) is 0 Å². The van der Waals surface area contributed by atoms with Crippen LogP contribution in [0.2, 0.25) is 0 Å². The number of halogens is 2. The Hall–Kier alpha value is -1.69. The molecule has 0 aliphatic carbocycles. The van der Waals surface area contributed by atoms with Crippen LogP contribution in [-0.2, 0) is 0 Å². The zero-order valence-corrected chi connectivity index (χ0v) is 11.0. The molecule has 1 aromatic rings. The van der Waals surface area contributed by atoms with Crippen LogP contribution in [0.3, 0.4) is 0 Å². The first-order chi connectivity index (χ1) is 8.84. The van der Waals surface area contributed by atoms with Crippen LogP contribution in [0.25, 0.3) is 0 Å². The normalized spacial score (nSPS) is 13.9. The minimum atomic E-state index is -1.07. The predicted octanol–water partition coefficient (Wildman–Crippen LogP) is 1.83. The van der Waals surface area contributed by atoms with E-state index in [1.807, 2.05) is 6.92 Å². The van der Waals surface area contributed by atoms with Crippen molar-refractivity contribution in [2.24, 2.45) is 0 Å². The van der Waals surface area contributed by atoms with E-state index in [0.29, 0.717) is 12.8 Å². The van der Waals surface area contributed by atoms with Gasteiger partial charge >= 0.3 is 0 Å². The first-order valence-corrected chi connectivity index (χ1v) is 6.01. The molecule has 1 aromatic carbocycles. The topological polar surface area (TPSA) is 75.3 Å². The monoisotopic (exact) mass is 272 g/mol. The van der Waals surface area contributed by atoms with E-state index in [1.54, 1.807) is 6.92 Å². The highest BCUT2D eigenvalue weighted by Gasteiger charge is 2.27. The number of anilines is 1. The Morgan fingerprint density at radius 3 is 2.63 bits per heavy atom. The van der Waals surface area contributed by atoms with Crippen LogP contribution in [0.5, 0.6) is 0 Å². The molecule has 19 heavy (non-hydrogen) atoms. The van der Waals surface area contributed by atoms with Crippen LogP contribution in [0, 0.1) is 11.6 Å².